The van der Waals surface area contributed by atoms with Crippen LogP contribution in [0.15, 0.2) is 107 Å². The molecule has 6 nitrogen and oxygen atoms in total. The first-order valence-corrected chi connectivity index (χ1v) is 9.97. The largest absolute Gasteiger partial charge is 0.507 e. The van der Waals surface area contributed by atoms with E-state index in [2.05, 4.69) is 9.98 Å². The Hall–Kier alpha value is -4.58. The summed E-state index contributed by atoms with van der Waals surface area (Å²) in [5, 5.41) is 21.0. The number of phenols is 2. The summed E-state index contributed by atoms with van der Waals surface area (Å²) in [5.74, 6) is 0.566. The number of nitrogens with zero attached hydrogens (tertiary/aromatic N) is 2. The van der Waals surface area contributed by atoms with Crippen LogP contribution >= 0.6 is 0 Å². The number of rotatable bonds is 5. The van der Waals surface area contributed by atoms with Crippen molar-refractivity contribution in [2.45, 2.75) is 0 Å². The summed E-state index contributed by atoms with van der Waals surface area (Å²) < 4.78 is 0. The van der Waals surface area contributed by atoms with E-state index in [9.17, 15) is 10.2 Å². The molecule has 6 heteroatoms. The van der Waals surface area contributed by atoms with Crippen molar-refractivity contribution < 1.29 is 10.2 Å². The molecule has 0 fully saturated rings. The molecule has 0 aromatic heterocycles. The molecule has 158 valence electrons. The van der Waals surface area contributed by atoms with Crippen molar-refractivity contribution in [2.75, 3.05) is 0 Å². The lowest BCUT2D eigenvalue weighted by Crippen LogP contribution is -2.13. The van der Waals surface area contributed by atoms with Crippen LogP contribution in [0.3, 0.4) is 0 Å². The zero-order valence-corrected chi connectivity index (χ0v) is 17.2. The second kappa shape index (κ2) is 9.06. The van der Waals surface area contributed by atoms with Crippen LogP contribution in [-0.4, -0.2) is 21.9 Å². The van der Waals surface area contributed by atoms with Gasteiger partial charge in [-0.25, -0.2) is 9.98 Å². The number of hydrogen-bond acceptors (Lipinski definition) is 4. The molecule has 4 aromatic rings. The minimum absolute atomic E-state index is 0.00715. The third-order valence-corrected chi connectivity index (χ3v) is 4.89. The predicted octanol–water partition coefficient (Wildman–Crippen LogP) is 4.84. The van der Waals surface area contributed by atoms with E-state index in [0.29, 0.717) is 33.9 Å². The molecule has 0 unspecified atom stereocenters. The lowest BCUT2D eigenvalue weighted by molar-refractivity contribution is 0.469. The van der Waals surface area contributed by atoms with Gasteiger partial charge >= 0.3 is 0 Å². The SMILES string of the molecule is NC(=Nc1ccccc1)c1ccc(O)c(-c2cc(C(N)=Nc3ccccc3)ccc2O)c1. The monoisotopic (exact) mass is 422 g/mol. The van der Waals surface area contributed by atoms with Gasteiger partial charge in [0.2, 0.25) is 0 Å². The fourth-order valence-electron chi connectivity index (χ4n) is 3.23. The molecule has 0 aliphatic heterocycles. The maximum atomic E-state index is 10.5. The summed E-state index contributed by atoms with van der Waals surface area (Å²) >= 11 is 0. The summed E-state index contributed by atoms with van der Waals surface area (Å²) in [4.78, 5) is 8.84. The number of nitrogens with two attached hydrogens (primary N) is 2. The van der Waals surface area contributed by atoms with Crippen LogP contribution in [0.4, 0.5) is 11.4 Å². The van der Waals surface area contributed by atoms with Crippen molar-refractivity contribution in [1.82, 2.24) is 0 Å². The molecular weight excluding hydrogens is 400 g/mol. The van der Waals surface area contributed by atoms with E-state index in [1.807, 2.05) is 60.7 Å². The average molecular weight is 422 g/mol. The van der Waals surface area contributed by atoms with E-state index < -0.39 is 0 Å². The van der Waals surface area contributed by atoms with Gasteiger partial charge in [0.05, 0.1) is 11.4 Å². The van der Waals surface area contributed by atoms with Gasteiger partial charge in [-0.2, -0.15) is 0 Å². The van der Waals surface area contributed by atoms with E-state index in [-0.39, 0.29) is 11.5 Å². The van der Waals surface area contributed by atoms with Crippen molar-refractivity contribution in [3.05, 3.63) is 108 Å². The van der Waals surface area contributed by atoms with Crippen LogP contribution in [0.2, 0.25) is 0 Å². The van der Waals surface area contributed by atoms with Crippen LogP contribution in [0.5, 0.6) is 11.5 Å². The predicted molar refractivity (Wildman–Crippen MR) is 129 cm³/mol. The highest BCUT2D eigenvalue weighted by atomic mass is 16.3. The molecule has 0 aliphatic rings. The van der Waals surface area contributed by atoms with E-state index in [1.165, 1.54) is 12.1 Å². The standard InChI is InChI=1S/C26H22N4O2/c27-25(29-19-7-3-1-4-8-19)17-11-13-23(31)21(15-17)22-16-18(12-14-24(22)32)26(28)30-20-9-5-2-6-10-20/h1-16,31-32H,(H2,27,29)(H2,28,30). The molecule has 4 rings (SSSR count). The Morgan fingerprint density at radius 2 is 0.906 bits per heavy atom. The Kier molecular flexibility index (Phi) is 5.85. The molecule has 6 N–H and O–H groups in total. The second-order valence-electron chi connectivity index (χ2n) is 7.13. The van der Waals surface area contributed by atoms with Crippen molar-refractivity contribution in [1.29, 1.82) is 0 Å². The first-order valence-electron chi connectivity index (χ1n) is 9.97. The molecule has 0 amide bonds. The molecule has 0 saturated carbocycles. The Bertz CT molecular complexity index is 1200. The maximum absolute atomic E-state index is 10.5. The minimum Gasteiger partial charge on any atom is -0.507 e. The highest BCUT2D eigenvalue weighted by molar-refractivity contribution is 6.02. The number of para-hydroxylation sites is 2. The Balaban J connectivity index is 1.73. The van der Waals surface area contributed by atoms with Crippen LogP contribution in [-0.2, 0) is 0 Å². The van der Waals surface area contributed by atoms with Gasteiger partial charge in [0.15, 0.2) is 0 Å². The molecule has 32 heavy (non-hydrogen) atoms. The van der Waals surface area contributed by atoms with Gasteiger partial charge in [-0.15, -0.1) is 0 Å². The zero-order chi connectivity index (χ0) is 22.5. The van der Waals surface area contributed by atoms with Gasteiger partial charge < -0.3 is 21.7 Å². The van der Waals surface area contributed by atoms with Gasteiger partial charge in [0.1, 0.15) is 23.2 Å². The number of aromatic hydroxyl groups is 2. The Labute approximate surface area is 185 Å². The highest BCUT2D eigenvalue weighted by Crippen LogP contribution is 2.36. The average Bonchev–Trinajstić information content (AvgIpc) is 2.81. The van der Waals surface area contributed by atoms with Crippen molar-refractivity contribution in [3.63, 3.8) is 0 Å². The van der Waals surface area contributed by atoms with Gasteiger partial charge in [0.25, 0.3) is 0 Å². The third-order valence-electron chi connectivity index (χ3n) is 4.89. The number of hydrogen-bond donors (Lipinski definition) is 4. The summed E-state index contributed by atoms with van der Waals surface area (Å²) in [5.41, 5.74) is 15.8. The van der Waals surface area contributed by atoms with Gasteiger partial charge in [-0.05, 0) is 60.7 Å². The van der Waals surface area contributed by atoms with Gasteiger partial charge in [0, 0.05) is 22.3 Å². The molecule has 4 aromatic carbocycles. The number of aliphatic imine (C=N–C) groups is 2. The molecule has 0 atom stereocenters. The van der Waals surface area contributed by atoms with Crippen molar-refractivity contribution >= 4 is 23.0 Å². The maximum Gasteiger partial charge on any atom is 0.131 e. The van der Waals surface area contributed by atoms with Crippen LogP contribution in [0.1, 0.15) is 11.1 Å². The first kappa shape index (κ1) is 20.7. The Morgan fingerprint density at radius 1 is 0.531 bits per heavy atom. The van der Waals surface area contributed by atoms with Gasteiger partial charge in [-0.3, -0.25) is 0 Å². The normalized spacial score (nSPS) is 12.0. The molecule has 0 radical (unpaired) electrons. The quantitative estimate of drug-likeness (QED) is 0.272. The molecule has 0 bridgehead atoms. The van der Waals surface area contributed by atoms with Crippen molar-refractivity contribution in [3.8, 4) is 22.6 Å². The minimum atomic E-state index is -0.00715. The van der Waals surface area contributed by atoms with Crippen molar-refractivity contribution in [2.24, 2.45) is 21.5 Å². The summed E-state index contributed by atoms with van der Waals surface area (Å²) in [7, 11) is 0. The second-order valence-corrected chi connectivity index (χ2v) is 7.13. The van der Waals surface area contributed by atoms with Crippen LogP contribution in [0.25, 0.3) is 11.1 Å². The lowest BCUT2D eigenvalue weighted by atomic mass is 9.98. The fraction of sp³-hybridized carbons (Fsp3) is 0. The van der Waals surface area contributed by atoms with Gasteiger partial charge in [-0.1, -0.05) is 36.4 Å². The number of phenolic OH excluding ortho intramolecular Hbond substituents is 2. The van der Waals surface area contributed by atoms with Crippen LogP contribution in [0, 0.1) is 0 Å². The highest BCUT2D eigenvalue weighted by Gasteiger charge is 2.14. The van der Waals surface area contributed by atoms with E-state index in [4.69, 9.17) is 11.5 Å². The molecular formula is C26H22N4O2. The third kappa shape index (κ3) is 4.60. The topological polar surface area (TPSA) is 117 Å². The first-order chi connectivity index (χ1) is 15.5. The summed E-state index contributed by atoms with van der Waals surface area (Å²) in [6, 6.07) is 28.4. The molecule has 0 aliphatic carbocycles. The summed E-state index contributed by atoms with van der Waals surface area (Å²) in [6.45, 7) is 0. The number of benzene rings is 4. The van der Waals surface area contributed by atoms with E-state index in [0.717, 1.165) is 11.4 Å². The smallest absolute Gasteiger partial charge is 0.131 e. The fourth-order valence-corrected chi connectivity index (χ4v) is 3.23. The Morgan fingerprint density at radius 3 is 1.28 bits per heavy atom. The molecule has 0 saturated heterocycles. The van der Waals surface area contributed by atoms with E-state index >= 15 is 0 Å². The lowest BCUT2D eigenvalue weighted by Gasteiger charge is -2.12. The molecule has 0 heterocycles. The van der Waals surface area contributed by atoms with E-state index in [1.54, 1.807) is 24.3 Å². The summed E-state index contributed by atoms with van der Waals surface area (Å²) in [6.07, 6.45) is 0. The molecule has 0 spiro atoms. The zero-order valence-electron chi connectivity index (χ0n) is 17.2. The number of amidine groups is 2. The van der Waals surface area contributed by atoms with Crippen LogP contribution < -0.4 is 11.5 Å².